The maximum atomic E-state index is 12.3. The average Bonchev–Trinajstić information content (AvgIpc) is 2.84. The van der Waals surface area contributed by atoms with E-state index in [0.29, 0.717) is 45.6 Å². The molecule has 0 atom stereocenters. The lowest BCUT2D eigenvalue weighted by molar-refractivity contribution is -0.132. The second kappa shape index (κ2) is 7.29. The Morgan fingerprint density at radius 1 is 1.18 bits per heavy atom. The summed E-state index contributed by atoms with van der Waals surface area (Å²) in [6, 6.07) is 0. The second-order valence-electron chi connectivity index (χ2n) is 5.48. The molecule has 1 aliphatic rings. The number of hydrogen-bond donors (Lipinski definition) is 1. The van der Waals surface area contributed by atoms with Gasteiger partial charge in [0.15, 0.2) is 0 Å². The zero-order valence-corrected chi connectivity index (χ0v) is 13.5. The molecule has 0 bridgehead atoms. The molecule has 1 aromatic rings. The van der Waals surface area contributed by atoms with Crippen molar-refractivity contribution in [2.75, 3.05) is 32.8 Å². The minimum absolute atomic E-state index is 0.128. The van der Waals surface area contributed by atoms with Crippen molar-refractivity contribution in [3.63, 3.8) is 0 Å². The Kier molecular flexibility index (Phi) is 5.41. The SMILES string of the molecule is CCOC(=O)N1CCN(C(=O)CCc2c(C)n[nH]c2C)CC1. The van der Waals surface area contributed by atoms with Gasteiger partial charge in [-0.25, -0.2) is 4.79 Å². The zero-order valence-electron chi connectivity index (χ0n) is 13.5. The Labute approximate surface area is 130 Å². The van der Waals surface area contributed by atoms with Crippen LogP contribution in [0.1, 0.15) is 30.3 Å². The Balaban J connectivity index is 1.79. The molecule has 22 heavy (non-hydrogen) atoms. The number of hydrogen-bond acceptors (Lipinski definition) is 4. The molecule has 1 fully saturated rings. The first kappa shape index (κ1) is 16.3. The molecule has 0 aliphatic carbocycles. The molecule has 1 N–H and O–H groups in total. The predicted octanol–water partition coefficient (Wildman–Crippen LogP) is 1.26. The molecule has 7 heteroatoms. The zero-order chi connectivity index (χ0) is 16.1. The minimum Gasteiger partial charge on any atom is -0.450 e. The fourth-order valence-electron chi connectivity index (χ4n) is 2.69. The third-order valence-electron chi connectivity index (χ3n) is 4.03. The molecule has 122 valence electrons. The van der Waals surface area contributed by atoms with E-state index in [1.807, 2.05) is 18.7 Å². The number of carbonyl (C=O) groups excluding carboxylic acids is 2. The van der Waals surface area contributed by atoms with E-state index in [1.54, 1.807) is 11.8 Å². The van der Waals surface area contributed by atoms with Gasteiger partial charge in [-0.2, -0.15) is 5.10 Å². The highest BCUT2D eigenvalue weighted by Crippen LogP contribution is 2.13. The molecule has 0 spiro atoms. The van der Waals surface area contributed by atoms with Gasteiger partial charge in [0.2, 0.25) is 5.91 Å². The highest BCUT2D eigenvalue weighted by atomic mass is 16.6. The van der Waals surface area contributed by atoms with E-state index in [0.717, 1.165) is 17.0 Å². The highest BCUT2D eigenvalue weighted by Gasteiger charge is 2.24. The number of rotatable bonds is 4. The van der Waals surface area contributed by atoms with Gasteiger partial charge in [0.05, 0.1) is 12.3 Å². The molecule has 1 aromatic heterocycles. The summed E-state index contributed by atoms with van der Waals surface area (Å²) in [6.07, 6.45) is 0.880. The summed E-state index contributed by atoms with van der Waals surface area (Å²) >= 11 is 0. The fraction of sp³-hybridized carbons (Fsp3) is 0.667. The van der Waals surface area contributed by atoms with E-state index in [-0.39, 0.29) is 12.0 Å². The van der Waals surface area contributed by atoms with Gasteiger partial charge in [0.25, 0.3) is 0 Å². The van der Waals surface area contributed by atoms with E-state index in [2.05, 4.69) is 10.2 Å². The molecule has 0 unspecified atom stereocenters. The summed E-state index contributed by atoms with van der Waals surface area (Å²) in [7, 11) is 0. The van der Waals surface area contributed by atoms with Crippen molar-refractivity contribution in [2.45, 2.75) is 33.6 Å². The van der Waals surface area contributed by atoms with Crippen molar-refractivity contribution < 1.29 is 14.3 Å². The molecule has 2 rings (SSSR count). The van der Waals surface area contributed by atoms with Crippen molar-refractivity contribution in [2.24, 2.45) is 0 Å². The van der Waals surface area contributed by atoms with Crippen LogP contribution in [0.3, 0.4) is 0 Å². The van der Waals surface area contributed by atoms with Crippen LogP contribution in [0.25, 0.3) is 0 Å². The molecule has 0 saturated carbocycles. The van der Waals surface area contributed by atoms with Crippen LogP contribution >= 0.6 is 0 Å². The second-order valence-corrected chi connectivity index (χ2v) is 5.48. The molecule has 1 saturated heterocycles. The molecule has 2 heterocycles. The lowest BCUT2D eigenvalue weighted by Crippen LogP contribution is -2.50. The van der Waals surface area contributed by atoms with E-state index >= 15 is 0 Å². The van der Waals surface area contributed by atoms with Gasteiger partial charge in [-0.1, -0.05) is 0 Å². The summed E-state index contributed by atoms with van der Waals surface area (Å²) in [6.45, 7) is 8.29. The maximum Gasteiger partial charge on any atom is 0.409 e. The van der Waals surface area contributed by atoms with Crippen LogP contribution < -0.4 is 0 Å². The molecule has 2 amide bonds. The average molecular weight is 308 g/mol. The Bertz CT molecular complexity index is 513. The van der Waals surface area contributed by atoms with Crippen molar-refractivity contribution in [3.05, 3.63) is 17.0 Å². The molecular weight excluding hydrogens is 284 g/mol. The number of aromatic nitrogens is 2. The van der Waals surface area contributed by atoms with Gasteiger partial charge in [-0.15, -0.1) is 0 Å². The number of aromatic amines is 1. The van der Waals surface area contributed by atoms with Crippen LogP contribution in [-0.4, -0.2) is 64.8 Å². The fourth-order valence-corrected chi connectivity index (χ4v) is 2.69. The lowest BCUT2D eigenvalue weighted by Gasteiger charge is -2.34. The highest BCUT2D eigenvalue weighted by molar-refractivity contribution is 5.77. The molecular formula is C15H24N4O3. The standard InChI is InChI=1S/C15H24N4O3/c1-4-22-15(21)19-9-7-18(8-10-19)14(20)6-5-13-11(2)16-17-12(13)3/h4-10H2,1-3H3,(H,16,17). The quantitative estimate of drug-likeness (QED) is 0.908. The summed E-state index contributed by atoms with van der Waals surface area (Å²) < 4.78 is 4.97. The number of piperazine rings is 1. The van der Waals surface area contributed by atoms with Gasteiger partial charge in [0.1, 0.15) is 0 Å². The van der Waals surface area contributed by atoms with E-state index in [1.165, 1.54) is 0 Å². The topological polar surface area (TPSA) is 78.5 Å². The number of aryl methyl sites for hydroxylation is 2. The number of ether oxygens (including phenoxy) is 1. The van der Waals surface area contributed by atoms with Crippen molar-refractivity contribution >= 4 is 12.0 Å². The first-order valence-electron chi connectivity index (χ1n) is 7.72. The van der Waals surface area contributed by atoms with E-state index in [9.17, 15) is 9.59 Å². The van der Waals surface area contributed by atoms with Crippen LogP contribution in [-0.2, 0) is 16.0 Å². The molecule has 0 radical (unpaired) electrons. The van der Waals surface area contributed by atoms with Crippen molar-refractivity contribution in [1.82, 2.24) is 20.0 Å². The number of amides is 2. The molecule has 0 aromatic carbocycles. The van der Waals surface area contributed by atoms with Gasteiger partial charge >= 0.3 is 6.09 Å². The number of carbonyl (C=O) groups is 2. The summed E-state index contributed by atoms with van der Waals surface area (Å²) in [5.74, 6) is 0.128. The first-order chi connectivity index (χ1) is 10.5. The largest absolute Gasteiger partial charge is 0.450 e. The van der Waals surface area contributed by atoms with E-state index < -0.39 is 0 Å². The number of nitrogens with one attached hydrogen (secondary N) is 1. The number of H-pyrrole nitrogens is 1. The Morgan fingerprint density at radius 3 is 2.36 bits per heavy atom. The third kappa shape index (κ3) is 3.78. The normalized spacial score (nSPS) is 15.0. The van der Waals surface area contributed by atoms with Gasteiger partial charge in [0, 0.05) is 38.3 Å². The summed E-state index contributed by atoms with van der Waals surface area (Å²) in [5.41, 5.74) is 3.10. The van der Waals surface area contributed by atoms with Gasteiger partial charge in [-0.3, -0.25) is 9.89 Å². The smallest absolute Gasteiger partial charge is 0.409 e. The predicted molar refractivity (Wildman–Crippen MR) is 81.6 cm³/mol. The lowest BCUT2D eigenvalue weighted by atomic mass is 10.1. The molecule has 7 nitrogen and oxygen atoms in total. The summed E-state index contributed by atoms with van der Waals surface area (Å²) in [4.78, 5) is 27.4. The Hall–Kier alpha value is -2.05. The Morgan fingerprint density at radius 2 is 1.82 bits per heavy atom. The van der Waals surface area contributed by atoms with Crippen LogP contribution in [0.15, 0.2) is 0 Å². The van der Waals surface area contributed by atoms with Crippen LogP contribution in [0, 0.1) is 13.8 Å². The van der Waals surface area contributed by atoms with Gasteiger partial charge in [-0.05, 0) is 32.8 Å². The minimum atomic E-state index is -0.292. The van der Waals surface area contributed by atoms with E-state index in [4.69, 9.17) is 4.74 Å². The van der Waals surface area contributed by atoms with Gasteiger partial charge < -0.3 is 14.5 Å². The molecule has 1 aliphatic heterocycles. The van der Waals surface area contributed by atoms with Crippen LogP contribution in [0.4, 0.5) is 4.79 Å². The first-order valence-corrected chi connectivity index (χ1v) is 7.72. The number of nitrogens with zero attached hydrogens (tertiary/aromatic N) is 3. The third-order valence-corrected chi connectivity index (χ3v) is 4.03. The van der Waals surface area contributed by atoms with Crippen LogP contribution in [0.5, 0.6) is 0 Å². The maximum absolute atomic E-state index is 12.3. The summed E-state index contributed by atoms with van der Waals surface area (Å²) in [5, 5.41) is 7.08. The monoisotopic (exact) mass is 308 g/mol. The van der Waals surface area contributed by atoms with Crippen molar-refractivity contribution in [1.29, 1.82) is 0 Å². The van der Waals surface area contributed by atoms with Crippen LogP contribution in [0.2, 0.25) is 0 Å². The van der Waals surface area contributed by atoms with Crippen molar-refractivity contribution in [3.8, 4) is 0 Å².